The Morgan fingerprint density at radius 1 is 1.28 bits per heavy atom. The minimum Gasteiger partial charge on any atom is -0.232 e. The first-order chi connectivity index (χ1) is 8.45. The first kappa shape index (κ1) is 14.4. The molecule has 0 amide bonds. The Hall–Kier alpha value is 0.0300. The average molecular weight is 411 g/mol. The molecular formula is C12H11Br2ClN2S. The summed E-state index contributed by atoms with van der Waals surface area (Å²) in [4.78, 5) is 9.86. The molecule has 0 spiro atoms. The van der Waals surface area contributed by atoms with Crippen molar-refractivity contribution in [3.05, 3.63) is 31.2 Å². The normalized spacial score (nSPS) is 11.2. The van der Waals surface area contributed by atoms with Crippen molar-refractivity contribution in [1.82, 2.24) is 9.97 Å². The van der Waals surface area contributed by atoms with Crippen molar-refractivity contribution in [2.75, 3.05) is 0 Å². The first-order valence-electron chi connectivity index (χ1n) is 5.44. The maximum absolute atomic E-state index is 6.06. The molecule has 18 heavy (non-hydrogen) atoms. The fourth-order valence-electron chi connectivity index (χ4n) is 1.55. The maximum Gasteiger partial charge on any atom is 0.171 e. The molecule has 0 aliphatic heterocycles. The Labute approximate surface area is 132 Å². The molecule has 6 heteroatoms. The van der Waals surface area contributed by atoms with E-state index in [1.807, 2.05) is 12.1 Å². The monoisotopic (exact) mass is 408 g/mol. The molecule has 0 N–H and O–H groups in total. The van der Waals surface area contributed by atoms with Crippen molar-refractivity contribution < 1.29 is 0 Å². The van der Waals surface area contributed by atoms with Gasteiger partial charge in [-0.05, 0) is 56.3 Å². The number of rotatable bonds is 3. The van der Waals surface area contributed by atoms with E-state index in [0.29, 0.717) is 16.9 Å². The standard InChI is InChI=1S/C12H11Br2ClN2S/c1-6(2)3-7-4-10(15)17-12(16-7)9-5-8(13)11(14)18-9/h4-6H,3H2,1-2H3. The molecule has 0 bridgehead atoms. The fraction of sp³-hybridized carbons (Fsp3) is 0.333. The molecule has 96 valence electrons. The van der Waals surface area contributed by atoms with Gasteiger partial charge in [0.2, 0.25) is 0 Å². The SMILES string of the molecule is CC(C)Cc1cc(Cl)nc(-c2cc(Br)c(Br)s2)n1. The van der Waals surface area contributed by atoms with Crippen molar-refractivity contribution in [3.63, 3.8) is 0 Å². The Morgan fingerprint density at radius 2 is 2.00 bits per heavy atom. The van der Waals surface area contributed by atoms with E-state index < -0.39 is 0 Å². The molecule has 0 fully saturated rings. The molecule has 2 aromatic rings. The van der Waals surface area contributed by atoms with Gasteiger partial charge in [0.05, 0.1) is 8.66 Å². The van der Waals surface area contributed by atoms with Crippen LogP contribution in [0.15, 0.2) is 20.4 Å². The molecule has 2 nitrogen and oxygen atoms in total. The highest BCUT2D eigenvalue weighted by Crippen LogP contribution is 2.37. The van der Waals surface area contributed by atoms with Crippen molar-refractivity contribution in [2.45, 2.75) is 20.3 Å². The quantitative estimate of drug-likeness (QED) is 0.617. The van der Waals surface area contributed by atoms with Gasteiger partial charge in [-0.3, -0.25) is 0 Å². The number of hydrogen-bond acceptors (Lipinski definition) is 3. The Morgan fingerprint density at radius 3 is 2.56 bits per heavy atom. The molecule has 0 atom stereocenters. The van der Waals surface area contributed by atoms with Crippen molar-refractivity contribution in [2.24, 2.45) is 5.92 Å². The van der Waals surface area contributed by atoms with E-state index in [0.717, 1.165) is 25.3 Å². The lowest BCUT2D eigenvalue weighted by molar-refractivity contribution is 0.634. The lowest BCUT2D eigenvalue weighted by Crippen LogP contribution is -2.00. The van der Waals surface area contributed by atoms with Crippen LogP contribution in [0.25, 0.3) is 10.7 Å². The van der Waals surface area contributed by atoms with Crippen LogP contribution in [0.4, 0.5) is 0 Å². The van der Waals surface area contributed by atoms with Gasteiger partial charge < -0.3 is 0 Å². The molecule has 0 aliphatic carbocycles. The van der Waals surface area contributed by atoms with Crippen LogP contribution in [0.2, 0.25) is 5.15 Å². The van der Waals surface area contributed by atoms with Crippen LogP contribution in [0.3, 0.4) is 0 Å². The third-order valence-corrected chi connectivity index (χ3v) is 5.68. The molecule has 2 aromatic heterocycles. The molecule has 0 saturated heterocycles. The summed E-state index contributed by atoms with van der Waals surface area (Å²) in [6.45, 7) is 4.32. The van der Waals surface area contributed by atoms with Gasteiger partial charge in [-0.1, -0.05) is 25.4 Å². The van der Waals surface area contributed by atoms with Crippen molar-refractivity contribution in [1.29, 1.82) is 0 Å². The molecule has 0 aliphatic rings. The van der Waals surface area contributed by atoms with Gasteiger partial charge >= 0.3 is 0 Å². The van der Waals surface area contributed by atoms with E-state index >= 15 is 0 Å². The summed E-state index contributed by atoms with van der Waals surface area (Å²) >= 11 is 14.6. The van der Waals surface area contributed by atoms with Gasteiger partial charge in [0.25, 0.3) is 0 Å². The highest BCUT2D eigenvalue weighted by molar-refractivity contribution is 9.13. The second kappa shape index (κ2) is 5.99. The molecule has 0 saturated carbocycles. The van der Waals surface area contributed by atoms with Gasteiger partial charge in [-0.2, -0.15) is 0 Å². The van der Waals surface area contributed by atoms with E-state index in [4.69, 9.17) is 11.6 Å². The number of nitrogens with zero attached hydrogens (tertiary/aromatic N) is 2. The van der Waals surface area contributed by atoms with Gasteiger partial charge in [0, 0.05) is 10.2 Å². The Bertz CT molecular complexity index is 550. The maximum atomic E-state index is 6.06. The summed E-state index contributed by atoms with van der Waals surface area (Å²) in [6, 6.07) is 3.84. The van der Waals surface area contributed by atoms with Crippen LogP contribution in [-0.4, -0.2) is 9.97 Å². The molecule has 2 heterocycles. The number of aromatic nitrogens is 2. The summed E-state index contributed by atoms with van der Waals surface area (Å²) in [6.07, 6.45) is 0.906. The summed E-state index contributed by atoms with van der Waals surface area (Å²) in [5.74, 6) is 1.24. The summed E-state index contributed by atoms with van der Waals surface area (Å²) in [7, 11) is 0. The number of thiophene rings is 1. The topological polar surface area (TPSA) is 25.8 Å². The Balaban J connectivity index is 2.41. The lowest BCUT2D eigenvalue weighted by atomic mass is 10.1. The summed E-state index contributed by atoms with van der Waals surface area (Å²) < 4.78 is 2.04. The average Bonchev–Trinajstić information content (AvgIpc) is 2.57. The zero-order valence-electron chi connectivity index (χ0n) is 9.88. The van der Waals surface area contributed by atoms with Crippen LogP contribution in [0.5, 0.6) is 0 Å². The molecule has 0 aromatic carbocycles. The molecule has 2 rings (SSSR count). The van der Waals surface area contributed by atoms with Gasteiger partial charge in [-0.25, -0.2) is 9.97 Å². The Kier molecular flexibility index (Phi) is 4.80. The molecule has 0 radical (unpaired) electrons. The smallest absolute Gasteiger partial charge is 0.171 e. The third-order valence-electron chi connectivity index (χ3n) is 2.23. The predicted octanol–water partition coefficient (Wildman–Crippen LogP) is 5.58. The highest BCUT2D eigenvalue weighted by atomic mass is 79.9. The van der Waals surface area contributed by atoms with E-state index in [9.17, 15) is 0 Å². The molecular weight excluding hydrogens is 399 g/mol. The second-order valence-electron chi connectivity index (χ2n) is 4.34. The van der Waals surface area contributed by atoms with Crippen LogP contribution in [-0.2, 0) is 6.42 Å². The lowest BCUT2D eigenvalue weighted by Gasteiger charge is -2.06. The first-order valence-corrected chi connectivity index (χ1v) is 8.22. The van der Waals surface area contributed by atoms with Crippen LogP contribution in [0, 0.1) is 5.92 Å². The highest BCUT2D eigenvalue weighted by Gasteiger charge is 2.11. The van der Waals surface area contributed by atoms with Gasteiger partial charge in [-0.15, -0.1) is 11.3 Å². The summed E-state index contributed by atoms with van der Waals surface area (Å²) in [5.41, 5.74) is 0.987. The molecule has 0 unspecified atom stereocenters. The van der Waals surface area contributed by atoms with E-state index in [2.05, 4.69) is 55.7 Å². The van der Waals surface area contributed by atoms with Crippen LogP contribution < -0.4 is 0 Å². The largest absolute Gasteiger partial charge is 0.232 e. The van der Waals surface area contributed by atoms with E-state index in [1.54, 1.807) is 11.3 Å². The minimum absolute atomic E-state index is 0.497. The van der Waals surface area contributed by atoms with E-state index in [1.165, 1.54) is 0 Å². The summed E-state index contributed by atoms with van der Waals surface area (Å²) in [5, 5.41) is 0.497. The van der Waals surface area contributed by atoms with Crippen molar-refractivity contribution >= 4 is 54.8 Å². The van der Waals surface area contributed by atoms with Gasteiger partial charge in [0.1, 0.15) is 5.15 Å². The van der Waals surface area contributed by atoms with Crippen molar-refractivity contribution in [3.8, 4) is 10.7 Å². The number of hydrogen-bond donors (Lipinski definition) is 0. The van der Waals surface area contributed by atoms with Gasteiger partial charge in [0.15, 0.2) is 5.82 Å². The second-order valence-corrected chi connectivity index (χ2v) is 7.95. The van der Waals surface area contributed by atoms with Crippen LogP contribution >= 0.6 is 54.8 Å². The number of halogens is 3. The zero-order valence-corrected chi connectivity index (χ0v) is 14.6. The third kappa shape index (κ3) is 3.53. The van der Waals surface area contributed by atoms with E-state index in [-0.39, 0.29) is 0 Å². The zero-order chi connectivity index (χ0) is 13.3. The minimum atomic E-state index is 0.497. The predicted molar refractivity (Wildman–Crippen MR) is 84.3 cm³/mol. The fourth-order valence-corrected chi connectivity index (χ4v) is 3.73. The van der Waals surface area contributed by atoms with Crippen LogP contribution in [0.1, 0.15) is 19.5 Å².